The smallest absolute Gasteiger partial charge is 0.227 e. The van der Waals surface area contributed by atoms with Crippen LogP contribution in [0, 0.1) is 0 Å². The van der Waals surface area contributed by atoms with Crippen molar-refractivity contribution < 1.29 is 4.42 Å². The van der Waals surface area contributed by atoms with E-state index in [9.17, 15) is 0 Å². The first-order valence-electron chi connectivity index (χ1n) is 11.3. The lowest BCUT2D eigenvalue weighted by molar-refractivity contribution is 0.623. The molecule has 1 heterocycles. The van der Waals surface area contributed by atoms with Crippen LogP contribution in [-0.2, 0) is 0 Å². The molecule has 6 aromatic carbocycles. The van der Waals surface area contributed by atoms with E-state index in [1.807, 2.05) is 54.6 Å². The maximum Gasteiger partial charge on any atom is 0.227 e. The number of oxazole rings is 1. The van der Waals surface area contributed by atoms with E-state index in [0.29, 0.717) is 5.89 Å². The van der Waals surface area contributed by atoms with Crippen LogP contribution >= 0.6 is 11.6 Å². The van der Waals surface area contributed by atoms with E-state index < -0.39 is 0 Å². The summed E-state index contributed by atoms with van der Waals surface area (Å²) in [5, 5.41) is 7.69. The summed E-state index contributed by atoms with van der Waals surface area (Å²) in [6.07, 6.45) is 0. The van der Waals surface area contributed by atoms with Crippen LogP contribution in [0.5, 0.6) is 0 Å². The standard InChI is InChI=1S/C31H18ClNO/c32-23-9-4-8-22(18-23)24-10-5-11-26-25(24)16-14-19-12-13-20-15-17-27-30(29(20)28(19)26)34-31(33-27)21-6-2-1-3-7-21/h1-18H. The van der Waals surface area contributed by atoms with Gasteiger partial charge in [-0.1, -0.05) is 90.5 Å². The first-order chi connectivity index (χ1) is 16.8. The number of halogens is 1. The Bertz CT molecular complexity index is 1870. The molecule has 0 atom stereocenters. The summed E-state index contributed by atoms with van der Waals surface area (Å²) in [5.41, 5.74) is 4.92. The number of rotatable bonds is 2. The lowest BCUT2D eigenvalue weighted by atomic mass is 9.92. The molecule has 0 spiro atoms. The van der Waals surface area contributed by atoms with E-state index in [0.717, 1.165) is 43.6 Å². The molecule has 0 unspecified atom stereocenters. The quantitative estimate of drug-likeness (QED) is 0.243. The average molecular weight is 456 g/mol. The van der Waals surface area contributed by atoms with Gasteiger partial charge in [0.25, 0.3) is 0 Å². The van der Waals surface area contributed by atoms with Gasteiger partial charge in [0.1, 0.15) is 5.52 Å². The minimum absolute atomic E-state index is 0.639. The highest BCUT2D eigenvalue weighted by molar-refractivity contribution is 6.31. The predicted octanol–water partition coefficient (Wildman–Crippen LogP) is 9.27. The van der Waals surface area contributed by atoms with Gasteiger partial charge in [0, 0.05) is 21.4 Å². The summed E-state index contributed by atoms with van der Waals surface area (Å²) in [6.45, 7) is 0. The van der Waals surface area contributed by atoms with Crippen molar-refractivity contribution >= 4 is 55.0 Å². The van der Waals surface area contributed by atoms with Crippen LogP contribution in [-0.4, -0.2) is 4.98 Å². The number of benzene rings is 6. The molecule has 0 saturated heterocycles. The summed E-state index contributed by atoms with van der Waals surface area (Å²) in [5.74, 6) is 0.639. The van der Waals surface area contributed by atoms with Gasteiger partial charge in [-0.15, -0.1) is 0 Å². The summed E-state index contributed by atoms with van der Waals surface area (Å²) in [6, 6.07) is 37.5. The highest BCUT2D eigenvalue weighted by Gasteiger charge is 2.16. The fourth-order valence-corrected chi connectivity index (χ4v) is 5.18. The Kier molecular flexibility index (Phi) is 4.23. The molecule has 0 aliphatic heterocycles. The van der Waals surface area contributed by atoms with Gasteiger partial charge in [-0.25, -0.2) is 4.98 Å². The van der Waals surface area contributed by atoms with Gasteiger partial charge >= 0.3 is 0 Å². The van der Waals surface area contributed by atoms with E-state index in [4.69, 9.17) is 21.0 Å². The zero-order valence-corrected chi connectivity index (χ0v) is 18.9. The predicted molar refractivity (Wildman–Crippen MR) is 142 cm³/mol. The van der Waals surface area contributed by atoms with Gasteiger partial charge in [-0.3, -0.25) is 0 Å². The summed E-state index contributed by atoms with van der Waals surface area (Å²) in [4.78, 5) is 4.81. The van der Waals surface area contributed by atoms with Crippen LogP contribution in [0.1, 0.15) is 0 Å². The van der Waals surface area contributed by atoms with Crippen molar-refractivity contribution in [2.75, 3.05) is 0 Å². The van der Waals surface area contributed by atoms with Crippen LogP contribution < -0.4 is 0 Å². The Morgan fingerprint density at radius 2 is 1.32 bits per heavy atom. The largest absolute Gasteiger partial charge is 0.435 e. The zero-order valence-electron chi connectivity index (χ0n) is 18.1. The highest BCUT2D eigenvalue weighted by Crippen LogP contribution is 2.40. The van der Waals surface area contributed by atoms with Gasteiger partial charge in [-0.05, 0) is 63.0 Å². The molecule has 0 N–H and O–H groups in total. The van der Waals surface area contributed by atoms with Gasteiger partial charge in [0.05, 0.1) is 0 Å². The Balaban J connectivity index is 1.60. The molecule has 2 nitrogen and oxygen atoms in total. The SMILES string of the molecule is Clc1cccc(-c2cccc3c2ccc2ccc4ccc5nc(-c6ccccc6)oc5c4c23)c1. The topological polar surface area (TPSA) is 26.0 Å². The van der Waals surface area contributed by atoms with E-state index in [2.05, 4.69) is 54.6 Å². The van der Waals surface area contributed by atoms with Crippen LogP contribution in [0.4, 0.5) is 0 Å². The second kappa shape index (κ2) is 7.44. The second-order valence-corrected chi connectivity index (χ2v) is 8.97. The van der Waals surface area contributed by atoms with E-state index in [1.54, 1.807) is 0 Å². The molecule has 3 heteroatoms. The fraction of sp³-hybridized carbons (Fsp3) is 0. The van der Waals surface area contributed by atoms with Gasteiger partial charge < -0.3 is 4.42 Å². The Morgan fingerprint density at radius 1 is 0.588 bits per heavy atom. The van der Waals surface area contributed by atoms with E-state index >= 15 is 0 Å². The molecule has 0 saturated carbocycles. The van der Waals surface area contributed by atoms with Gasteiger partial charge in [0.15, 0.2) is 5.58 Å². The number of fused-ring (bicyclic) bond motifs is 7. The first-order valence-corrected chi connectivity index (χ1v) is 11.6. The van der Waals surface area contributed by atoms with Crippen LogP contribution in [0.25, 0.3) is 66.0 Å². The third kappa shape index (κ3) is 2.93. The fourth-order valence-electron chi connectivity index (χ4n) is 4.99. The molecule has 34 heavy (non-hydrogen) atoms. The van der Waals surface area contributed by atoms with Crippen molar-refractivity contribution in [2.24, 2.45) is 0 Å². The molecule has 0 amide bonds. The van der Waals surface area contributed by atoms with Gasteiger partial charge in [-0.2, -0.15) is 0 Å². The monoisotopic (exact) mass is 455 g/mol. The minimum Gasteiger partial charge on any atom is -0.435 e. The maximum atomic E-state index is 6.43. The van der Waals surface area contributed by atoms with Crippen molar-refractivity contribution in [1.29, 1.82) is 0 Å². The first kappa shape index (κ1) is 19.3. The third-order valence-electron chi connectivity index (χ3n) is 6.53. The number of hydrogen-bond donors (Lipinski definition) is 0. The van der Waals surface area contributed by atoms with Crippen LogP contribution in [0.3, 0.4) is 0 Å². The molecule has 7 aromatic rings. The van der Waals surface area contributed by atoms with Crippen LogP contribution in [0.2, 0.25) is 5.02 Å². The van der Waals surface area contributed by atoms with Crippen molar-refractivity contribution in [3.63, 3.8) is 0 Å². The Morgan fingerprint density at radius 3 is 2.18 bits per heavy atom. The lowest BCUT2D eigenvalue weighted by Gasteiger charge is -2.12. The summed E-state index contributed by atoms with van der Waals surface area (Å²) in [7, 11) is 0. The number of aromatic nitrogens is 1. The molecule has 0 radical (unpaired) electrons. The molecular weight excluding hydrogens is 438 g/mol. The van der Waals surface area contributed by atoms with Crippen molar-refractivity contribution in [1.82, 2.24) is 4.98 Å². The summed E-state index contributed by atoms with van der Waals surface area (Å²) >= 11 is 6.32. The van der Waals surface area contributed by atoms with E-state index in [-0.39, 0.29) is 0 Å². The second-order valence-electron chi connectivity index (χ2n) is 8.54. The molecule has 160 valence electrons. The average Bonchev–Trinajstić information content (AvgIpc) is 3.33. The zero-order chi connectivity index (χ0) is 22.6. The summed E-state index contributed by atoms with van der Waals surface area (Å²) < 4.78 is 6.43. The Labute approximate surface area is 201 Å². The Hall–Kier alpha value is -4.14. The van der Waals surface area contributed by atoms with E-state index in [1.165, 1.54) is 21.5 Å². The molecule has 1 aromatic heterocycles. The minimum atomic E-state index is 0.639. The molecule has 0 aliphatic carbocycles. The molecule has 0 bridgehead atoms. The van der Waals surface area contributed by atoms with Crippen molar-refractivity contribution in [3.05, 3.63) is 114 Å². The molecule has 7 rings (SSSR count). The highest BCUT2D eigenvalue weighted by atomic mass is 35.5. The van der Waals surface area contributed by atoms with Crippen molar-refractivity contribution in [3.8, 4) is 22.6 Å². The van der Waals surface area contributed by atoms with Crippen LogP contribution in [0.15, 0.2) is 114 Å². The van der Waals surface area contributed by atoms with Gasteiger partial charge in [0.2, 0.25) is 5.89 Å². The normalized spacial score (nSPS) is 11.7. The number of nitrogens with zero attached hydrogens (tertiary/aromatic N) is 1. The molecule has 0 aliphatic rings. The van der Waals surface area contributed by atoms with Crippen molar-refractivity contribution in [2.45, 2.75) is 0 Å². The lowest BCUT2D eigenvalue weighted by Crippen LogP contribution is -1.85. The third-order valence-corrected chi connectivity index (χ3v) is 6.77. The molecule has 0 fully saturated rings. The number of hydrogen-bond acceptors (Lipinski definition) is 2. The maximum absolute atomic E-state index is 6.43. The molecular formula is C31H18ClNO.